The van der Waals surface area contributed by atoms with Crippen molar-refractivity contribution < 1.29 is 24.2 Å². The minimum atomic E-state index is -1.49. The Bertz CT molecular complexity index is 295. The molecule has 0 rings (SSSR count). The lowest BCUT2D eigenvalue weighted by Gasteiger charge is -2.22. The van der Waals surface area contributed by atoms with Crippen molar-refractivity contribution in [3.63, 3.8) is 0 Å². The molecule has 0 spiro atoms. The van der Waals surface area contributed by atoms with Crippen LogP contribution in [0.15, 0.2) is 0 Å². The maximum Gasteiger partial charge on any atom is 0.408 e. The molecule has 3 N–H and O–H groups in total. The fourth-order valence-electron chi connectivity index (χ4n) is 0.839. The number of primary amides is 1. The van der Waals surface area contributed by atoms with Crippen LogP contribution in [-0.4, -0.2) is 29.6 Å². The molecule has 0 saturated heterocycles. The lowest BCUT2D eigenvalue weighted by atomic mass is 10.2. The monoisotopic (exact) mass is 231 g/mol. The van der Waals surface area contributed by atoms with E-state index in [1.54, 1.807) is 20.8 Å². The quantitative estimate of drug-likeness (QED) is 0.610. The van der Waals surface area contributed by atoms with E-state index < -0.39 is 36.0 Å². The Morgan fingerprint density at radius 3 is 2.19 bits per heavy atom. The van der Waals surface area contributed by atoms with Gasteiger partial charge in [0.05, 0.1) is 0 Å². The van der Waals surface area contributed by atoms with E-state index in [9.17, 15) is 19.5 Å². The molecule has 7 nitrogen and oxygen atoms in total. The molecule has 0 unspecified atom stereocenters. The van der Waals surface area contributed by atoms with E-state index in [0.717, 1.165) is 0 Å². The normalized spacial score (nSPS) is 12.7. The first-order valence-corrected chi connectivity index (χ1v) is 4.60. The smallest absolute Gasteiger partial charge is 0.408 e. The molecule has 0 aliphatic heterocycles. The van der Waals surface area contributed by atoms with Crippen LogP contribution in [0.2, 0.25) is 0 Å². The van der Waals surface area contributed by atoms with Crippen LogP contribution in [0.1, 0.15) is 27.2 Å². The van der Waals surface area contributed by atoms with E-state index in [1.165, 1.54) is 0 Å². The number of carboxylic acid groups (broad SMARTS) is 1. The van der Waals surface area contributed by atoms with Crippen LogP contribution in [0.25, 0.3) is 0 Å². The van der Waals surface area contributed by atoms with Gasteiger partial charge in [0.2, 0.25) is 5.91 Å². The number of aliphatic carboxylic acids is 1. The summed E-state index contributed by atoms with van der Waals surface area (Å²) in [4.78, 5) is 32.3. The Kier molecular flexibility index (Phi) is 4.74. The van der Waals surface area contributed by atoms with Gasteiger partial charge in [0.15, 0.2) is 0 Å². The molecule has 0 aliphatic rings. The van der Waals surface area contributed by atoms with Crippen molar-refractivity contribution >= 4 is 18.0 Å². The van der Waals surface area contributed by atoms with Crippen LogP contribution in [0.4, 0.5) is 4.79 Å². The minimum absolute atomic E-state index is 0.686. The number of alkyl carbamates (subject to hydrolysis) is 1. The molecule has 0 aromatic heterocycles. The van der Waals surface area contributed by atoms with E-state index in [0.29, 0.717) is 0 Å². The Labute approximate surface area is 92.9 Å². The van der Waals surface area contributed by atoms with Gasteiger partial charge in [-0.25, -0.2) is 4.79 Å². The molecule has 1 atom stereocenters. The van der Waals surface area contributed by atoms with Crippen molar-refractivity contribution in [3.8, 4) is 0 Å². The third-order valence-corrected chi connectivity index (χ3v) is 1.41. The molecule has 0 aromatic rings. The summed E-state index contributed by atoms with van der Waals surface area (Å²) in [6, 6.07) is -1.33. The van der Waals surface area contributed by atoms with Crippen molar-refractivity contribution in [2.45, 2.75) is 38.8 Å². The first kappa shape index (κ1) is 14.2. The Morgan fingerprint density at radius 2 is 1.88 bits per heavy atom. The van der Waals surface area contributed by atoms with E-state index in [1.807, 2.05) is 5.32 Å². The van der Waals surface area contributed by atoms with Gasteiger partial charge >= 0.3 is 6.09 Å². The second kappa shape index (κ2) is 5.34. The summed E-state index contributed by atoms with van der Waals surface area (Å²) in [6.07, 6.45) is -1.59. The number of carboxylic acids is 1. The highest BCUT2D eigenvalue weighted by Gasteiger charge is 2.22. The maximum absolute atomic E-state index is 11.2. The number of hydrogen-bond acceptors (Lipinski definition) is 5. The number of nitrogens with two attached hydrogens (primary N) is 1. The highest BCUT2D eigenvalue weighted by molar-refractivity contribution is 5.87. The SMILES string of the molecule is CC(C)(C)OC(=O)N[C@H](CC(=O)[O-])C(N)=O. The zero-order valence-corrected chi connectivity index (χ0v) is 9.40. The fourth-order valence-corrected chi connectivity index (χ4v) is 0.839. The molecule has 2 amide bonds. The Balaban J connectivity index is 4.35. The van der Waals surface area contributed by atoms with Crippen molar-refractivity contribution in [3.05, 3.63) is 0 Å². The van der Waals surface area contributed by atoms with Crippen molar-refractivity contribution in [1.82, 2.24) is 5.32 Å². The zero-order chi connectivity index (χ0) is 12.9. The molecule has 0 aliphatic carbocycles. The average Bonchev–Trinajstić information content (AvgIpc) is 1.97. The summed E-state index contributed by atoms with van der Waals surface area (Å²) >= 11 is 0. The third kappa shape index (κ3) is 6.63. The lowest BCUT2D eigenvalue weighted by molar-refractivity contribution is -0.306. The second-order valence-corrected chi connectivity index (χ2v) is 4.18. The summed E-state index contributed by atoms with van der Waals surface area (Å²) < 4.78 is 4.83. The first-order valence-electron chi connectivity index (χ1n) is 4.60. The summed E-state index contributed by atoms with van der Waals surface area (Å²) in [7, 11) is 0. The molecule has 0 fully saturated rings. The first-order chi connectivity index (χ1) is 7.11. The number of ether oxygens (including phenoxy) is 1. The van der Waals surface area contributed by atoms with Crippen molar-refractivity contribution in [2.24, 2.45) is 5.73 Å². The topological polar surface area (TPSA) is 122 Å². The van der Waals surface area contributed by atoms with E-state index >= 15 is 0 Å². The molecule has 0 heterocycles. The van der Waals surface area contributed by atoms with Gasteiger partial charge < -0.3 is 25.7 Å². The van der Waals surface area contributed by atoms with Gasteiger partial charge in [-0.2, -0.15) is 0 Å². The molecular formula is C9H15N2O5-. The Hall–Kier alpha value is -1.79. The number of hydrogen-bond donors (Lipinski definition) is 2. The largest absolute Gasteiger partial charge is 0.550 e. The average molecular weight is 231 g/mol. The van der Waals surface area contributed by atoms with Crippen LogP contribution < -0.4 is 16.2 Å². The van der Waals surface area contributed by atoms with Gasteiger partial charge in [0.1, 0.15) is 11.6 Å². The second-order valence-electron chi connectivity index (χ2n) is 4.18. The molecule has 0 radical (unpaired) electrons. The van der Waals surface area contributed by atoms with Crippen LogP contribution in [0.5, 0.6) is 0 Å². The van der Waals surface area contributed by atoms with Gasteiger partial charge in [0, 0.05) is 12.4 Å². The number of amides is 2. The molecule has 92 valence electrons. The van der Waals surface area contributed by atoms with Crippen molar-refractivity contribution in [2.75, 3.05) is 0 Å². The van der Waals surface area contributed by atoms with E-state index in [4.69, 9.17) is 10.5 Å². The summed E-state index contributed by atoms with van der Waals surface area (Å²) in [5.74, 6) is -2.45. The molecule has 0 saturated carbocycles. The highest BCUT2D eigenvalue weighted by Crippen LogP contribution is 2.07. The minimum Gasteiger partial charge on any atom is -0.550 e. The summed E-state index contributed by atoms with van der Waals surface area (Å²) in [5, 5.41) is 12.3. The number of carbonyl (C=O) groups excluding carboxylic acids is 3. The predicted octanol–water partition coefficient (Wildman–Crippen LogP) is -1.49. The van der Waals surface area contributed by atoms with E-state index in [2.05, 4.69) is 0 Å². The van der Waals surface area contributed by atoms with Gasteiger partial charge in [-0.3, -0.25) is 4.79 Å². The number of nitrogens with one attached hydrogen (secondary N) is 1. The highest BCUT2D eigenvalue weighted by atomic mass is 16.6. The third-order valence-electron chi connectivity index (χ3n) is 1.41. The molecule has 0 aromatic carbocycles. The molecular weight excluding hydrogens is 216 g/mol. The summed E-state index contributed by atoms with van der Waals surface area (Å²) in [6.45, 7) is 4.89. The van der Waals surface area contributed by atoms with Gasteiger partial charge in [-0.15, -0.1) is 0 Å². The zero-order valence-electron chi connectivity index (χ0n) is 9.40. The van der Waals surface area contributed by atoms with Crippen molar-refractivity contribution in [1.29, 1.82) is 0 Å². The molecule has 7 heteroatoms. The van der Waals surface area contributed by atoms with Gasteiger partial charge in [-0.05, 0) is 20.8 Å². The van der Waals surface area contributed by atoms with Crippen LogP contribution in [-0.2, 0) is 14.3 Å². The van der Waals surface area contributed by atoms with E-state index in [-0.39, 0.29) is 0 Å². The van der Waals surface area contributed by atoms with Crippen LogP contribution in [0, 0.1) is 0 Å². The fraction of sp³-hybridized carbons (Fsp3) is 0.667. The summed E-state index contributed by atoms with van der Waals surface area (Å²) in [5.41, 5.74) is 4.15. The maximum atomic E-state index is 11.2. The predicted molar refractivity (Wildman–Crippen MR) is 52.0 cm³/mol. The standard InChI is InChI=1S/C9H16N2O5/c1-9(2,3)16-8(15)11-5(7(10)14)4-6(12)13/h5H,4H2,1-3H3,(H2,10,14)(H,11,15)(H,12,13)/p-1/t5-/m1/s1. The van der Waals surface area contributed by atoms with Crippen LogP contribution >= 0.6 is 0 Å². The lowest BCUT2D eigenvalue weighted by Crippen LogP contribution is -2.48. The van der Waals surface area contributed by atoms with Crippen LogP contribution in [0.3, 0.4) is 0 Å². The molecule has 16 heavy (non-hydrogen) atoms. The van der Waals surface area contributed by atoms with Gasteiger partial charge in [-0.1, -0.05) is 0 Å². The number of carbonyl (C=O) groups is 3. The Morgan fingerprint density at radius 1 is 1.38 bits per heavy atom. The van der Waals surface area contributed by atoms with Gasteiger partial charge in [0.25, 0.3) is 0 Å². The molecule has 0 bridgehead atoms. The number of rotatable bonds is 4.